The van der Waals surface area contributed by atoms with Gasteiger partial charge in [0.25, 0.3) is 0 Å². The SMILES string of the molecule is Cc1cc(CNC2(C)CCS(=O)(=O)C2)ccc1N. The summed E-state index contributed by atoms with van der Waals surface area (Å²) in [6.45, 7) is 4.62. The second kappa shape index (κ2) is 4.55. The monoisotopic (exact) mass is 268 g/mol. The van der Waals surface area contributed by atoms with E-state index in [1.807, 2.05) is 32.0 Å². The Kier molecular flexibility index (Phi) is 3.38. The van der Waals surface area contributed by atoms with Gasteiger partial charge in [-0.15, -0.1) is 0 Å². The van der Waals surface area contributed by atoms with Gasteiger partial charge in [-0.05, 0) is 37.5 Å². The summed E-state index contributed by atoms with van der Waals surface area (Å²) in [4.78, 5) is 0. The van der Waals surface area contributed by atoms with E-state index < -0.39 is 9.84 Å². The highest BCUT2D eigenvalue weighted by Crippen LogP contribution is 2.23. The molecule has 0 saturated carbocycles. The van der Waals surface area contributed by atoms with E-state index in [9.17, 15) is 8.42 Å². The highest BCUT2D eigenvalue weighted by atomic mass is 32.2. The van der Waals surface area contributed by atoms with Crippen LogP contribution in [0.15, 0.2) is 18.2 Å². The van der Waals surface area contributed by atoms with Crippen LogP contribution in [0.3, 0.4) is 0 Å². The molecule has 1 saturated heterocycles. The van der Waals surface area contributed by atoms with E-state index in [4.69, 9.17) is 5.73 Å². The van der Waals surface area contributed by atoms with Crippen LogP contribution >= 0.6 is 0 Å². The summed E-state index contributed by atoms with van der Waals surface area (Å²) in [5, 5.41) is 3.36. The average Bonchev–Trinajstić information content (AvgIpc) is 2.56. The van der Waals surface area contributed by atoms with E-state index in [0.717, 1.165) is 16.8 Å². The van der Waals surface area contributed by atoms with E-state index in [1.54, 1.807) is 0 Å². The van der Waals surface area contributed by atoms with Gasteiger partial charge in [-0.3, -0.25) is 0 Å². The first-order valence-corrected chi connectivity index (χ1v) is 7.92. The third kappa shape index (κ3) is 3.03. The first kappa shape index (κ1) is 13.4. The zero-order chi connectivity index (χ0) is 13.4. The molecular weight excluding hydrogens is 248 g/mol. The van der Waals surface area contributed by atoms with Crippen LogP contribution in [0.1, 0.15) is 24.5 Å². The lowest BCUT2D eigenvalue weighted by molar-refractivity contribution is 0.395. The fraction of sp³-hybridized carbons (Fsp3) is 0.538. The molecule has 1 aromatic rings. The Morgan fingerprint density at radius 3 is 2.72 bits per heavy atom. The molecule has 1 atom stereocenters. The Morgan fingerprint density at radius 1 is 1.44 bits per heavy atom. The Balaban J connectivity index is 2.02. The maximum Gasteiger partial charge on any atom is 0.152 e. The predicted molar refractivity (Wildman–Crippen MR) is 74.1 cm³/mol. The second-order valence-corrected chi connectivity index (χ2v) is 7.63. The first-order chi connectivity index (χ1) is 8.30. The van der Waals surface area contributed by atoms with Crippen molar-refractivity contribution in [3.05, 3.63) is 29.3 Å². The number of anilines is 1. The molecule has 1 unspecified atom stereocenters. The number of nitrogens with one attached hydrogen (secondary N) is 1. The molecule has 0 radical (unpaired) electrons. The van der Waals surface area contributed by atoms with Gasteiger partial charge in [0.1, 0.15) is 0 Å². The van der Waals surface area contributed by atoms with E-state index in [2.05, 4.69) is 5.32 Å². The van der Waals surface area contributed by atoms with Crippen LogP contribution in [0, 0.1) is 6.92 Å². The summed E-state index contributed by atoms with van der Waals surface area (Å²) in [5.41, 5.74) is 8.44. The molecule has 4 nitrogen and oxygen atoms in total. The maximum absolute atomic E-state index is 11.5. The van der Waals surface area contributed by atoms with Gasteiger partial charge in [-0.2, -0.15) is 0 Å². The van der Waals surface area contributed by atoms with Gasteiger partial charge in [-0.25, -0.2) is 8.42 Å². The predicted octanol–water partition coefficient (Wildman–Crippen LogP) is 1.24. The minimum atomic E-state index is -2.86. The van der Waals surface area contributed by atoms with Gasteiger partial charge < -0.3 is 11.1 Å². The van der Waals surface area contributed by atoms with Crippen molar-refractivity contribution in [1.29, 1.82) is 0 Å². The van der Waals surface area contributed by atoms with E-state index in [-0.39, 0.29) is 17.0 Å². The molecule has 1 fully saturated rings. The standard InChI is InChI=1S/C13H20N2O2S/c1-10-7-11(3-4-12(10)14)8-15-13(2)5-6-18(16,17)9-13/h3-4,7,15H,5-6,8-9,14H2,1-2H3. The van der Waals surface area contributed by atoms with Crippen molar-refractivity contribution in [3.8, 4) is 0 Å². The van der Waals surface area contributed by atoms with Crippen LogP contribution in [0.2, 0.25) is 0 Å². The number of nitrogen functional groups attached to an aromatic ring is 1. The molecule has 2 rings (SSSR count). The molecule has 100 valence electrons. The number of aryl methyl sites for hydroxylation is 1. The Morgan fingerprint density at radius 2 is 2.17 bits per heavy atom. The Hall–Kier alpha value is -1.07. The lowest BCUT2D eigenvalue weighted by Gasteiger charge is -2.24. The topological polar surface area (TPSA) is 72.2 Å². The molecule has 1 aliphatic heterocycles. The minimum Gasteiger partial charge on any atom is -0.399 e. The van der Waals surface area contributed by atoms with Crippen molar-refractivity contribution < 1.29 is 8.42 Å². The zero-order valence-corrected chi connectivity index (χ0v) is 11.7. The van der Waals surface area contributed by atoms with Crippen LogP contribution in [0.4, 0.5) is 5.69 Å². The van der Waals surface area contributed by atoms with Crippen molar-refractivity contribution in [2.24, 2.45) is 0 Å². The summed E-state index contributed by atoms with van der Waals surface area (Å²) < 4.78 is 23.0. The fourth-order valence-corrected chi connectivity index (χ4v) is 4.44. The van der Waals surface area contributed by atoms with Crippen molar-refractivity contribution in [2.45, 2.75) is 32.4 Å². The maximum atomic E-state index is 11.5. The molecule has 0 aliphatic carbocycles. The molecule has 1 heterocycles. The molecule has 3 N–H and O–H groups in total. The first-order valence-electron chi connectivity index (χ1n) is 6.10. The van der Waals surface area contributed by atoms with Crippen LogP contribution in [-0.2, 0) is 16.4 Å². The summed E-state index contributed by atoms with van der Waals surface area (Å²) in [7, 11) is -2.86. The molecule has 0 amide bonds. The van der Waals surface area contributed by atoms with Crippen LogP contribution in [0.5, 0.6) is 0 Å². The summed E-state index contributed by atoms with van der Waals surface area (Å²) in [5.74, 6) is 0.519. The number of hydrogen-bond acceptors (Lipinski definition) is 4. The molecule has 0 spiro atoms. The number of benzene rings is 1. The molecular formula is C13H20N2O2S. The third-order valence-electron chi connectivity index (χ3n) is 3.56. The Labute approximate surface area is 108 Å². The van der Waals surface area contributed by atoms with Crippen molar-refractivity contribution >= 4 is 15.5 Å². The smallest absolute Gasteiger partial charge is 0.152 e. The number of sulfone groups is 1. The van der Waals surface area contributed by atoms with Crippen LogP contribution in [0.25, 0.3) is 0 Å². The van der Waals surface area contributed by atoms with Crippen molar-refractivity contribution in [3.63, 3.8) is 0 Å². The second-order valence-electron chi connectivity index (χ2n) is 5.45. The minimum absolute atomic E-state index is 0.230. The van der Waals surface area contributed by atoms with E-state index >= 15 is 0 Å². The van der Waals surface area contributed by atoms with E-state index in [0.29, 0.717) is 13.0 Å². The van der Waals surface area contributed by atoms with Gasteiger partial charge in [0.15, 0.2) is 9.84 Å². The van der Waals surface area contributed by atoms with Crippen molar-refractivity contribution in [1.82, 2.24) is 5.32 Å². The highest BCUT2D eigenvalue weighted by Gasteiger charge is 2.37. The molecule has 1 aromatic carbocycles. The highest BCUT2D eigenvalue weighted by molar-refractivity contribution is 7.91. The summed E-state index contributed by atoms with van der Waals surface area (Å²) in [6, 6.07) is 5.90. The van der Waals surface area contributed by atoms with Crippen LogP contribution in [-0.4, -0.2) is 25.5 Å². The fourth-order valence-electron chi connectivity index (χ4n) is 2.31. The quantitative estimate of drug-likeness (QED) is 0.809. The number of nitrogens with two attached hydrogens (primary N) is 1. The normalized spacial score (nSPS) is 26.3. The van der Waals surface area contributed by atoms with Gasteiger partial charge >= 0.3 is 0 Å². The zero-order valence-electron chi connectivity index (χ0n) is 10.9. The summed E-state index contributed by atoms with van der Waals surface area (Å²) in [6.07, 6.45) is 0.684. The van der Waals surface area contributed by atoms with Gasteiger partial charge in [-0.1, -0.05) is 12.1 Å². The molecule has 0 bridgehead atoms. The largest absolute Gasteiger partial charge is 0.399 e. The number of rotatable bonds is 3. The lowest BCUT2D eigenvalue weighted by Crippen LogP contribution is -2.42. The van der Waals surface area contributed by atoms with Crippen LogP contribution < -0.4 is 11.1 Å². The van der Waals surface area contributed by atoms with Gasteiger partial charge in [0.2, 0.25) is 0 Å². The molecule has 18 heavy (non-hydrogen) atoms. The molecule has 5 heteroatoms. The molecule has 1 aliphatic rings. The average molecular weight is 268 g/mol. The van der Waals surface area contributed by atoms with Gasteiger partial charge in [0.05, 0.1) is 11.5 Å². The van der Waals surface area contributed by atoms with Crippen molar-refractivity contribution in [2.75, 3.05) is 17.2 Å². The van der Waals surface area contributed by atoms with Gasteiger partial charge in [0, 0.05) is 17.8 Å². The Bertz CT molecular complexity index is 554. The third-order valence-corrected chi connectivity index (χ3v) is 5.46. The summed E-state index contributed by atoms with van der Waals surface area (Å²) >= 11 is 0. The van der Waals surface area contributed by atoms with E-state index in [1.165, 1.54) is 0 Å². The lowest BCUT2D eigenvalue weighted by atomic mass is 10.0. The number of hydrogen-bond donors (Lipinski definition) is 2. The molecule has 0 aromatic heterocycles.